The van der Waals surface area contributed by atoms with Gasteiger partial charge in [-0.05, 0) is 24.8 Å². The van der Waals surface area contributed by atoms with Crippen LogP contribution in [0.1, 0.15) is 25.1 Å². The van der Waals surface area contributed by atoms with Crippen molar-refractivity contribution in [3.63, 3.8) is 0 Å². The molecule has 2 heterocycles. The third-order valence-electron chi connectivity index (χ3n) is 2.64. The Labute approximate surface area is 116 Å². The first kappa shape index (κ1) is 14.3. The molecule has 1 N–H and O–H groups in total. The number of hydrogen-bond acceptors (Lipinski definition) is 4. The number of rotatable bonds is 5. The normalized spacial score (nSPS) is 23.2. The third-order valence-corrected chi connectivity index (χ3v) is 5.81. The molecule has 1 aromatic rings. The first-order valence-corrected chi connectivity index (χ1v) is 8.73. The number of carbonyl (C=O) groups excluding carboxylic acids is 1. The summed E-state index contributed by atoms with van der Waals surface area (Å²) < 4.78 is 19.5. The van der Waals surface area contributed by atoms with Crippen LogP contribution in [0.3, 0.4) is 0 Å². The highest BCUT2D eigenvalue weighted by atomic mass is 32.1. The fourth-order valence-electron chi connectivity index (χ4n) is 1.87. The van der Waals surface area contributed by atoms with Crippen LogP contribution in [0.4, 0.5) is 4.79 Å². The van der Waals surface area contributed by atoms with E-state index in [1.165, 1.54) is 16.0 Å². The maximum Gasteiger partial charge on any atom is 0.329 e. The Morgan fingerprint density at radius 1 is 1.47 bits per heavy atom. The molecule has 0 bridgehead atoms. The summed E-state index contributed by atoms with van der Waals surface area (Å²) in [5, 5.41) is 4.68. The number of hydrogen-bond donors (Lipinski definition) is 1. The van der Waals surface area contributed by atoms with Crippen molar-refractivity contribution in [3.8, 4) is 0 Å². The molecule has 2 amide bonds. The number of nitrogens with one attached hydrogen (secondary N) is 1. The quantitative estimate of drug-likeness (QED) is 0.843. The van der Waals surface area contributed by atoms with E-state index in [1.807, 2.05) is 24.4 Å². The number of amides is 2. The molecule has 1 aromatic heterocycles. The molecule has 0 saturated heterocycles. The van der Waals surface area contributed by atoms with E-state index in [-0.39, 0.29) is 6.03 Å². The van der Waals surface area contributed by atoms with E-state index in [4.69, 9.17) is 4.52 Å². The molecule has 1 atom stereocenters. The van der Waals surface area contributed by atoms with Gasteiger partial charge in [0.2, 0.25) is 0 Å². The lowest BCUT2D eigenvalue weighted by Crippen LogP contribution is -2.40. The molecule has 2 rings (SSSR count). The monoisotopic (exact) mass is 300 g/mol. The van der Waals surface area contributed by atoms with Crippen molar-refractivity contribution < 1.29 is 13.9 Å². The molecular formula is C12H17N2O3PS. The summed E-state index contributed by atoms with van der Waals surface area (Å²) >= 11 is 1.49. The minimum atomic E-state index is -3.23. The van der Waals surface area contributed by atoms with Crippen LogP contribution in [0.25, 0.3) is 5.70 Å². The van der Waals surface area contributed by atoms with Gasteiger partial charge in [-0.3, -0.25) is 9.24 Å². The summed E-state index contributed by atoms with van der Waals surface area (Å²) in [4.78, 5) is 13.0. The van der Waals surface area contributed by atoms with E-state index in [0.29, 0.717) is 18.8 Å². The van der Waals surface area contributed by atoms with Crippen molar-refractivity contribution in [3.05, 3.63) is 28.2 Å². The van der Waals surface area contributed by atoms with Crippen molar-refractivity contribution in [2.24, 2.45) is 0 Å². The molecule has 0 aliphatic carbocycles. The Kier molecular flexibility index (Phi) is 4.45. The van der Waals surface area contributed by atoms with E-state index in [2.05, 4.69) is 5.32 Å². The van der Waals surface area contributed by atoms with Crippen molar-refractivity contribution >= 4 is 30.6 Å². The van der Waals surface area contributed by atoms with Crippen LogP contribution in [-0.4, -0.2) is 23.9 Å². The van der Waals surface area contributed by atoms with E-state index in [1.54, 1.807) is 12.7 Å². The molecular weight excluding hydrogens is 283 g/mol. The van der Waals surface area contributed by atoms with Gasteiger partial charge in [0.15, 0.2) is 0 Å². The van der Waals surface area contributed by atoms with E-state index in [9.17, 15) is 9.36 Å². The Morgan fingerprint density at radius 3 is 2.84 bits per heavy atom. The number of urea groups is 1. The number of thiophene rings is 1. The summed E-state index contributed by atoms with van der Waals surface area (Å²) in [5.41, 5.74) is 0.573. The highest BCUT2D eigenvalue weighted by Crippen LogP contribution is 2.56. The number of carbonyl (C=O) groups is 1. The lowest BCUT2D eigenvalue weighted by Gasteiger charge is -2.33. The van der Waals surface area contributed by atoms with Crippen LogP contribution >= 0.6 is 18.9 Å². The maximum atomic E-state index is 12.8. The van der Waals surface area contributed by atoms with Gasteiger partial charge in [0.25, 0.3) is 0 Å². The second kappa shape index (κ2) is 5.90. The molecule has 1 aliphatic rings. The van der Waals surface area contributed by atoms with Gasteiger partial charge in [-0.1, -0.05) is 13.0 Å². The van der Waals surface area contributed by atoms with Crippen LogP contribution in [0.15, 0.2) is 23.3 Å². The van der Waals surface area contributed by atoms with Crippen LogP contribution < -0.4 is 5.32 Å². The zero-order valence-electron chi connectivity index (χ0n) is 11.0. The maximum absolute atomic E-state index is 12.8. The first-order valence-electron chi connectivity index (χ1n) is 6.20. The molecule has 5 nitrogen and oxygen atoms in total. The summed E-state index contributed by atoms with van der Waals surface area (Å²) in [6.07, 6.45) is 0.729. The molecule has 1 unspecified atom stereocenters. The largest absolute Gasteiger partial charge is 0.329 e. The Hall–Kier alpha value is -1.10. The fourth-order valence-corrected chi connectivity index (χ4v) is 4.69. The Bertz CT molecular complexity index is 527. The smallest absolute Gasteiger partial charge is 0.311 e. The van der Waals surface area contributed by atoms with Gasteiger partial charge in [-0.15, -0.1) is 11.3 Å². The molecule has 1 aliphatic heterocycles. The minimum absolute atomic E-state index is 0.305. The van der Waals surface area contributed by atoms with Gasteiger partial charge in [0, 0.05) is 12.4 Å². The van der Waals surface area contributed by atoms with Crippen molar-refractivity contribution in [2.45, 2.75) is 20.3 Å². The highest BCUT2D eigenvalue weighted by molar-refractivity contribution is 7.61. The third kappa shape index (κ3) is 2.91. The van der Waals surface area contributed by atoms with Crippen LogP contribution in [-0.2, 0) is 9.09 Å². The van der Waals surface area contributed by atoms with E-state index < -0.39 is 7.52 Å². The summed E-state index contributed by atoms with van der Waals surface area (Å²) in [6.45, 7) is 4.42. The van der Waals surface area contributed by atoms with Crippen LogP contribution in [0, 0.1) is 0 Å². The summed E-state index contributed by atoms with van der Waals surface area (Å²) in [5.74, 6) is 1.55. The minimum Gasteiger partial charge on any atom is -0.311 e. The Morgan fingerprint density at radius 2 is 2.26 bits per heavy atom. The second-order valence-corrected chi connectivity index (χ2v) is 7.13. The zero-order valence-corrected chi connectivity index (χ0v) is 12.7. The van der Waals surface area contributed by atoms with Crippen molar-refractivity contribution in [2.75, 3.05) is 13.2 Å². The average Bonchev–Trinajstić information content (AvgIpc) is 2.87. The average molecular weight is 300 g/mol. The molecule has 7 heteroatoms. The SMILES string of the molecule is CCCN1C(=O)NC(c2cccs2)=CP1(=O)OCC. The molecule has 0 aromatic carbocycles. The van der Waals surface area contributed by atoms with Gasteiger partial charge < -0.3 is 9.84 Å². The predicted octanol–water partition coefficient (Wildman–Crippen LogP) is 3.71. The molecule has 0 saturated carbocycles. The molecule has 19 heavy (non-hydrogen) atoms. The van der Waals surface area contributed by atoms with Crippen molar-refractivity contribution in [1.82, 2.24) is 9.99 Å². The fraction of sp³-hybridized carbons (Fsp3) is 0.417. The standard InChI is InChI=1S/C12H17N2O3PS/c1-3-7-14-12(15)13-10(11-6-5-8-19-11)9-18(14,16)17-4-2/h5-6,8-9H,3-4,7H2,1-2H3,(H,13,15). The van der Waals surface area contributed by atoms with Gasteiger partial charge in [-0.25, -0.2) is 4.79 Å². The first-order chi connectivity index (χ1) is 9.10. The molecule has 0 radical (unpaired) electrons. The second-order valence-electron chi connectivity index (χ2n) is 4.06. The topological polar surface area (TPSA) is 58.6 Å². The van der Waals surface area contributed by atoms with Gasteiger partial charge >= 0.3 is 13.6 Å². The van der Waals surface area contributed by atoms with Gasteiger partial charge in [0.05, 0.1) is 17.2 Å². The molecule has 0 spiro atoms. The van der Waals surface area contributed by atoms with Gasteiger partial charge in [0.1, 0.15) is 0 Å². The highest BCUT2D eigenvalue weighted by Gasteiger charge is 2.38. The predicted molar refractivity (Wildman–Crippen MR) is 77.1 cm³/mol. The lowest BCUT2D eigenvalue weighted by molar-refractivity contribution is 0.215. The van der Waals surface area contributed by atoms with Crippen LogP contribution in [0.2, 0.25) is 0 Å². The summed E-state index contributed by atoms with van der Waals surface area (Å²) in [6, 6.07) is 3.41. The van der Waals surface area contributed by atoms with Gasteiger partial charge in [-0.2, -0.15) is 0 Å². The van der Waals surface area contributed by atoms with E-state index in [0.717, 1.165) is 11.3 Å². The van der Waals surface area contributed by atoms with Crippen LogP contribution in [0.5, 0.6) is 0 Å². The lowest BCUT2D eigenvalue weighted by atomic mass is 10.4. The molecule has 104 valence electrons. The zero-order chi connectivity index (χ0) is 13.9. The number of nitrogens with zero attached hydrogens (tertiary/aromatic N) is 1. The van der Waals surface area contributed by atoms with E-state index >= 15 is 0 Å². The molecule has 0 fully saturated rings. The summed E-state index contributed by atoms with van der Waals surface area (Å²) in [7, 11) is -3.23. The Balaban J connectivity index is 2.39. The van der Waals surface area contributed by atoms with Crippen molar-refractivity contribution in [1.29, 1.82) is 0 Å².